The summed E-state index contributed by atoms with van der Waals surface area (Å²) in [5.74, 6) is 0.921. The molecule has 3 nitrogen and oxygen atoms in total. The molecule has 0 amide bonds. The second kappa shape index (κ2) is 5.12. The number of hydrogen-bond acceptors (Lipinski definition) is 3. The number of methoxy groups -OCH3 is 1. The van der Waals surface area contributed by atoms with Gasteiger partial charge in [0.2, 0.25) is 0 Å². The second-order valence-corrected chi connectivity index (χ2v) is 4.78. The first-order valence-electron chi connectivity index (χ1n) is 6.35. The SMILES string of the molecule is CCC(C)(OC)C(NC)c1cc2ccccc2o1. The lowest BCUT2D eigenvalue weighted by atomic mass is 9.91. The molecule has 18 heavy (non-hydrogen) atoms. The summed E-state index contributed by atoms with van der Waals surface area (Å²) < 4.78 is 11.6. The highest BCUT2D eigenvalue weighted by atomic mass is 16.5. The van der Waals surface area contributed by atoms with E-state index in [0.717, 1.165) is 23.2 Å². The molecular formula is C15H21NO2. The van der Waals surface area contributed by atoms with Gasteiger partial charge in [-0.2, -0.15) is 0 Å². The predicted molar refractivity (Wildman–Crippen MR) is 73.7 cm³/mol. The van der Waals surface area contributed by atoms with Crippen LogP contribution in [0.1, 0.15) is 32.1 Å². The number of rotatable bonds is 5. The average molecular weight is 247 g/mol. The summed E-state index contributed by atoms with van der Waals surface area (Å²) in [4.78, 5) is 0. The Morgan fingerprint density at radius 1 is 1.39 bits per heavy atom. The van der Waals surface area contributed by atoms with Crippen molar-refractivity contribution in [2.75, 3.05) is 14.2 Å². The zero-order chi connectivity index (χ0) is 13.2. The lowest BCUT2D eigenvalue weighted by molar-refractivity contribution is -0.0329. The Bertz CT molecular complexity index is 481. The van der Waals surface area contributed by atoms with Crippen molar-refractivity contribution in [3.8, 4) is 0 Å². The molecule has 2 atom stereocenters. The van der Waals surface area contributed by atoms with Crippen LogP contribution in [0, 0.1) is 0 Å². The van der Waals surface area contributed by atoms with Crippen molar-refractivity contribution in [3.63, 3.8) is 0 Å². The van der Waals surface area contributed by atoms with E-state index in [-0.39, 0.29) is 11.6 Å². The van der Waals surface area contributed by atoms with E-state index in [2.05, 4.69) is 31.3 Å². The van der Waals surface area contributed by atoms with Gasteiger partial charge in [-0.05, 0) is 32.5 Å². The highest BCUT2D eigenvalue weighted by Crippen LogP contribution is 2.34. The standard InChI is InChI=1S/C15H21NO2/c1-5-15(2,17-4)14(16-3)13-10-11-8-6-7-9-12(11)18-13/h6-10,14,16H,5H2,1-4H3. The summed E-state index contributed by atoms with van der Waals surface area (Å²) in [6, 6.07) is 10.2. The number of benzene rings is 1. The lowest BCUT2D eigenvalue weighted by Crippen LogP contribution is -2.41. The maximum Gasteiger partial charge on any atom is 0.134 e. The number of nitrogens with one attached hydrogen (secondary N) is 1. The molecule has 1 N–H and O–H groups in total. The van der Waals surface area contributed by atoms with Gasteiger partial charge in [-0.3, -0.25) is 0 Å². The Labute approximate surface area is 108 Å². The normalized spacial score (nSPS) is 16.7. The van der Waals surface area contributed by atoms with Gasteiger partial charge in [0.05, 0.1) is 11.6 Å². The number of furan rings is 1. The molecule has 98 valence electrons. The van der Waals surface area contributed by atoms with Crippen molar-refractivity contribution in [1.29, 1.82) is 0 Å². The fraction of sp³-hybridized carbons (Fsp3) is 0.467. The summed E-state index contributed by atoms with van der Waals surface area (Å²) in [6.07, 6.45) is 0.909. The Balaban J connectivity index is 2.43. The summed E-state index contributed by atoms with van der Waals surface area (Å²) in [6.45, 7) is 4.22. The summed E-state index contributed by atoms with van der Waals surface area (Å²) >= 11 is 0. The molecular weight excluding hydrogens is 226 g/mol. The monoisotopic (exact) mass is 247 g/mol. The Hall–Kier alpha value is -1.32. The van der Waals surface area contributed by atoms with Crippen molar-refractivity contribution in [2.24, 2.45) is 0 Å². The minimum atomic E-state index is -0.275. The number of ether oxygens (including phenoxy) is 1. The van der Waals surface area contributed by atoms with Crippen molar-refractivity contribution in [2.45, 2.75) is 31.9 Å². The summed E-state index contributed by atoms with van der Waals surface area (Å²) in [5, 5.41) is 4.43. The van der Waals surface area contributed by atoms with Crippen LogP contribution in [0.15, 0.2) is 34.7 Å². The van der Waals surface area contributed by atoms with Gasteiger partial charge in [-0.1, -0.05) is 25.1 Å². The highest BCUT2D eigenvalue weighted by Gasteiger charge is 2.35. The molecule has 0 radical (unpaired) electrons. The zero-order valence-electron chi connectivity index (χ0n) is 11.5. The number of para-hydroxylation sites is 1. The molecule has 0 spiro atoms. The zero-order valence-corrected chi connectivity index (χ0v) is 11.5. The van der Waals surface area contributed by atoms with Gasteiger partial charge in [0.1, 0.15) is 11.3 Å². The molecule has 3 heteroatoms. The Morgan fingerprint density at radius 3 is 2.67 bits per heavy atom. The first-order chi connectivity index (χ1) is 8.64. The maximum atomic E-state index is 5.93. The minimum Gasteiger partial charge on any atom is -0.459 e. The molecule has 0 saturated carbocycles. The molecule has 2 aromatic rings. The van der Waals surface area contributed by atoms with E-state index in [1.165, 1.54) is 0 Å². The number of likely N-dealkylation sites (N-methyl/N-ethyl adjacent to an activating group) is 1. The fourth-order valence-electron chi connectivity index (χ4n) is 2.36. The highest BCUT2D eigenvalue weighted by molar-refractivity contribution is 5.77. The van der Waals surface area contributed by atoms with E-state index < -0.39 is 0 Å². The largest absolute Gasteiger partial charge is 0.459 e. The van der Waals surface area contributed by atoms with E-state index in [1.54, 1.807) is 7.11 Å². The average Bonchev–Trinajstić information content (AvgIpc) is 2.82. The topological polar surface area (TPSA) is 34.4 Å². The van der Waals surface area contributed by atoms with Crippen molar-refractivity contribution < 1.29 is 9.15 Å². The van der Waals surface area contributed by atoms with Crippen LogP contribution in [-0.2, 0) is 4.74 Å². The van der Waals surface area contributed by atoms with Crippen molar-refractivity contribution in [1.82, 2.24) is 5.32 Å². The minimum absolute atomic E-state index is 0.0416. The summed E-state index contributed by atoms with van der Waals surface area (Å²) in [5.41, 5.74) is 0.644. The van der Waals surface area contributed by atoms with Crippen LogP contribution >= 0.6 is 0 Å². The molecule has 1 aromatic heterocycles. The smallest absolute Gasteiger partial charge is 0.134 e. The van der Waals surface area contributed by atoms with Gasteiger partial charge in [0, 0.05) is 12.5 Å². The molecule has 2 rings (SSSR count). The van der Waals surface area contributed by atoms with Crippen molar-refractivity contribution in [3.05, 3.63) is 36.1 Å². The van der Waals surface area contributed by atoms with Crippen LogP contribution < -0.4 is 5.32 Å². The van der Waals surface area contributed by atoms with E-state index in [1.807, 2.05) is 25.2 Å². The van der Waals surface area contributed by atoms with Crippen molar-refractivity contribution >= 4 is 11.0 Å². The molecule has 0 saturated heterocycles. The van der Waals surface area contributed by atoms with E-state index >= 15 is 0 Å². The van der Waals surface area contributed by atoms with Crippen LogP contribution in [-0.4, -0.2) is 19.8 Å². The second-order valence-electron chi connectivity index (χ2n) is 4.78. The van der Waals surface area contributed by atoms with Gasteiger partial charge >= 0.3 is 0 Å². The first kappa shape index (κ1) is 13.1. The maximum absolute atomic E-state index is 5.93. The Morgan fingerprint density at radius 2 is 2.11 bits per heavy atom. The molecule has 0 bridgehead atoms. The van der Waals surface area contributed by atoms with Gasteiger partial charge in [-0.25, -0.2) is 0 Å². The quantitative estimate of drug-likeness (QED) is 0.878. The molecule has 0 aliphatic heterocycles. The third kappa shape index (κ3) is 2.16. The van der Waals surface area contributed by atoms with E-state index in [9.17, 15) is 0 Å². The lowest BCUT2D eigenvalue weighted by Gasteiger charge is -2.34. The third-order valence-corrected chi connectivity index (χ3v) is 3.80. The molecule has 1 heterocycles. The van der Waals surface area contributed by atoms with Crippen LogP contribution in [0.4, 0.5) is 0 Å². The predicted octanol–water partition coefficient (Wildman–Crippen LogP) is 3.51. The fourth-order valence-corrected chi connectivity index (χ4v) is 2.36. The van der Waals surface area contributed by atoms with E-state index in [4.69, 9.17) is 9.15 Å². The third-order valence-electron chi connectivity index (χ3n) is 3.80. The number of hydrogen-bond donors (Lipinski definition) is 1. The molecule has 2 unspecified atom stereocenters. The number of fused-ring (bicyclic) bond motifs is 1. The van der Waals surface area contributed by atoms with Crippen LogP contribution in [0.2, 0.25) is 0 Å². The van der Waals surface area contributed by atoms with Crippen LogP contribution in [0.5, 0.6) is 0 Å². The van der Waals surface area contributed by atoms with Gasteiger partial charge in [0.15, 0.2) is 0 Å². The summed E-state index contributed by atoms with van der Waals surface area (Å²) in [7, 11) is 3.68. The molecule has 0 aliphatic carbocycles. The van der Waals surface area contributed by atoms with Gasteiger partial charge in [0.25, 0.3) is 0 Å². The molecule has 1 aromatic carbocycles. The van der Waals surface area contributed by atoms with Crippen LogP contribution in [0.3, 0.4) is 0 Å². The van der Waals surface area contributed by atoms with E-state index in [0.29, 0.717) is 0 Å². The van der Waals surface area contributed by atoms with Crippen LogP contribution in [0.25, 0.3) is 11.0 Å². The molecule has 0 fully saturated rings. The Kier molecular flexibility index (Phi) is 3.73. The molecule has 0 aliphatic rings. The first-order valence-corrected chi connectivity index (χ1v) is 6.35. The van der Waals surface area contributed by atoms with Gasteiger partial charge in [-0.15, -0.1) is 0 Å². The van der Waals surface area contributed by atoms with Gasteiger partial charge < -0.3 is 14.5 Å².